The van der Waals surface area contributed by atoms with Crippen LogP contribution in [0.4, 0.5) is 48.3 Å². The van der Waals surface area contributed by atoms with E-state index in [2.05, 4.69) is 39.8 Å². The number of carbonyl (C=O) groups excluding carboxylic acids is 1. The van der Waals surface area contributed by atoms with Crippen molar-refractivity contribution in [2.75, 3.05) is 0 Å². The lowest BCUT2D eigenvalue weighted by Gasteiger charge is -2.39. The zero-order valence-corrected chi connectivity index (χ0v) is 61.9. The van der Waals surface area contributed by atoms with Crippen LogP contribution in [0, 0.1) is 64.0 Å². The van der Waals surface area contributed by atoms with E-state index in [1.165, 1.54) is 54.1 Å². The van der Waals surface area contributed by atoms with Crippen LogP contribution < -0.4 is 11.5 Å². The van der Waals surface area contributed by atoms with Crippen molar-refractivity contribution in [2.45, 2.75) is 254 Å². The maximum absolute atomic E-state index is 13.2. The first-order valence-electron chi connectivity index (χ1n) is 35.5. The van der Waals surface area contributed by atoms with Crippen LogP contribution in [0.25, 0.3) is 6.08 Å². The Bertz CT molecular complexity index is 4310. The molecule has 1 aliphatic heterocycles. The number of Topliss-reactive ketones (excluding diaryl/α,β-unsaturated/α-hetero) is 1. The molecule has 1 fully saturated rings. The van der Waals surface area contributed by atoms with Gasteiger partial charge in [-0.15, -0.1) is 0 Å². The Hall–Kier alpha value is -7.10. The molecule has 7 aromatic rings. The maximum Gasteiger partial charge on any atom is 0.163 e. The summed E-state index contributed by atoms with van der Waals surface area (Å²) in [5, 5.41) is 39.2. The van der Waals surface area contributed by atoms with Gasteiger partial charge in [0.1, 0.15) is 23.6 Å². The molecular weight excluding hydrogens is 1350 g/mol. The molecule has 562 valence electrons. The molecule has 104 heavy (non-hydrogen) atoms. The minimum atomic E-state index is -0.945. The Morgan fingerprint density at radius 2 is 0.779 bits per heavy atom. The van der Waals surface area contributed by atoms with Crippen molar-refractivity contribution in [3.63, 3.8) is 0 Å². The standard InChI is InChI=1S/C13H16F2O.C12H15F2NO.C12H14F2O.C12H12F2O.C12H16FNO.C12H13FO.C12H13F/c1-7-8-4-10(14)11(15)5-9(8)13(2,3)6-12(7)16;1-12(2)5-10(16)11(15)6-3-8(13)9(14)4-7(6)12;2*1-12(2)4-3-11(15)7-5-9(13)10(14)6-8(7)12;1-12(2)6-10(15)11(14)8-4-3-7(13)5-9(8)12;1-12(2)6-10-11(14-10)8-4-3-7(13)5-9(8)12;1-12(2)7-3-4-9-5-6-10(13)8-11(9)12/h4-5,7,12,16H,6H2,1-3H3;3-4,10-11,16H,5,15H2,1-2H3;5-6,11,15H,3-4H2,1-2H3;5-6H,3-4H2,1-2H3;3-5,10-11,15H,6,14H2,1-2H3;3-5,10-11H,6H2,1-2H3;3-6,8H,7H2,1-2H3/t7-,12-;10-,11-;;;10-,11-;;/m11..1../s1. The summed E-state index contributed by atoms with van der Waals surface area (Å²) in [5.74, 6) is -7.73. The predicted octanol–water partition coefficient (Wildman–Crippen LogP) is 19.7. The van der Waals surface area contributed by atoms with E-state index in [0.29, 0.717) is 72.4 Å². The highest BCUT2D eigenvalue weighted by Crippen LogP contribution is 2.54. The van der Waals surface area contributed by atoms with Crippen molar-refractivity contribution in [3.05, 3.63) is 251 Å². The molecule has 7 aliphatic carbocycles. The number of ketones is 1. The van der Waals surface area contributed by atoms with Crippen LogP contribution >= 0.6 is 0 Å². The lowest BCUT2D eigenvalue weighted by atomic mass is 9.68. The second-order valence-electron chi connectivity index (χ2n) is 33.8. The average Bonchev–Trinajstić information content (AvgIpc) is 1.54. The fraction of sp³-hybridized carbons (Fsp3) is 0.471. The molecule has 1 heterocycles. The first-order valence-corrected chi connectivity index (χ1v) is 35.5. The first kappa shape index (κ1) is 81.0. The van der Waals surface area contributed by atoms with Gasteiger partial charge < -0.3 is 36.6 Å². The Kier molecular flexibility index (Phi) is 23.6. The van der Waals surface area contributed by atoms with Gasteiger partial charge in [0.05, 0.1) is 42.6 Å². The second kappa shape index (κ2) is 30.3. The highest BCUT2D eigenvalue weighted by molar-refractivity contribution is 5.99. The van der Waals surface area contributed by atoms with E-state index < -0.39 is 83.0 Å². The number of aliphatic hydroxyl groups excluding tert-OH is 4. The van der Waals surface area contributed by atoms with Gasteiger partial charge in [0.25, 0.3) is 0 Å². The average molecular weight is 1450 g/mol. The number of nitrogens with two attached hydrogens (primary N) is 2. The van der Waals surface area contributed by atoms with Gasteiger partial charge in [-0.1, -0.05) is 134 Å². The number of allylic oxidation sites excluding steroid dienone is 1. The molecule has 7 aromatic carbocycles. The molecule has 3 unspecified atom stereocenters. The zero-order valence-electron chi connectivity index (χ0n) is 61.9. The summed E-state index contributed by atoms with van der Waals surface area (Å²) in [6.07, 6.45) is 8.51. The highest BCUT2D eigenvalue weighted by atomic mass is 19.2. The van der Waals surface area contributed by atoms with E-state index in [9.17, 15) is 73.5 Å². The molecule has 1 saturated heterocycles. The van der Waals surface area contributed by atoms with E-state index >= 15 is 0 Å². The molecular formula is C85H99F11N2O6. The first-order chi connectivity index (χ1) is 48.1. The van der Waals surface area contributed by atoms with Crippen molar-refractivity contribution in [1.29, 1.82) is 0 Å². The number of ether oxygens (including phenoxy) is 1. The smallest absolute Gasteiger partial charge is 0.163 e. The summed E-state index contributed by atoms with van der Waals surface area (Å²) < 4.78 is 150. The molecule has 0 bridgehead atoms. The third kappa shape index (κ3) is 17.5. The molecule has 9 atom stereocenters. The third-order valence-electron chi connectivity index (χ3n) is 22.5. The number of rotatable bonds is 0. The van der Waals surface area contributed by atoms with Gasteiger partial charge in [0.15, 0.2) is 52.3 Å². The van der Waals surface area contributed by atoms with Crippen LogP contribution in [0.1, 0.15) is 275 Å². The van der Waals surface area contributed by atoms with Crippen molar-refractivity contribution < 1.29 is 78.3 Å². The van der Waals surface area contributed by atoms with Crippen LogP contribution in [-0.4, -0.2) is 50.6 Å². The lowest BCUT2D eigenvalue weighted by Crippen LogP contribution is -2.40. The summed E-state index contributed by atoms with van der Waals surface area (Å²) in [6, 6.07) is 22.9. The topological polar surface area (TPSA) is 163 Å². The molecule has 0 radical (unpaired) electrons. The normalized spacial score (nSPS) is 25.3. The molecule has 19 heteroatoms. The Balaban J connectivity index is 0.000000141. The van der Waals surface area contributed by atoms with Crippen molar-refractivity contribution in [3.8, 4) is 0 Å². The minimum absolute atomic E-state index is 0.0507. The molecule has 0 aromatic heterocycles. The van der Waals surface area contributed by atoms with Crippen molar-refractivity contribution in [1.82, 2.24) is 0 Å². The van der Waals surface area contributed by atoms with Gasteiger partial charge >= 0.3 is 0 Å². The lowest BCUT2D eigenvalue weighted by molar-refractivity contribution is 0.0954. The minimum Gasteiger partial charge on any atom is -0.392 e. The highest BCUT2D eigenvalue weighted by Gasteiger charge is 2.51. The second-order valence-corrected chi connectivity index (χ2v) is 33.8. The molecule has 0 spiro atoms. The number of epoxide rings is 1. The van der Waals surface area contributed by atoms with Crippen molar-refractivity contribution >= 4 is 11.9 Å². The van der Waals surface area contributed by atoms with E-state index in [1.54, 1.807) is 18.2 Å². The number of benzene rings is 7. The monoisotopic (exact) mass is 1450 g/mol. The molecule has 0 amide bonds. The number of aliphatic hydroxyl groups is 4. The summed E-state index contributed by atoms with van der Waals surface area (Å²) in [6.45, 7) is 30.0. The van der Waals surface area contributed by atoms with Crippen LogP contribution in [0.3, 0.4) is 0 Å². The van der Waals surface area contributed by atoms with Crippen LogP contribution in [0.2, 0.25) is 0 Å². The fourth-order valence-corrected chi connectivity index (χ4v) is 15.9. The molecule has 15 rings (SSSR count). The summed E-state index contributed by atoms with van der Waals surface area (Å²) >= 11 is 0. The Morgan fingerprint density at radius 1 is 0.394 bits per heavy atom. The molecule has 8 N–H and O–H groups in total. The van der Waals surface area contributed by atoms with Crippen molar-refractivity contribution in [2.24, 2.45) is 11.5 Å². The Morgan fingerprint density at radius 3 is 1.32 bits per heavy atom. The number of fused-ring (bicyclic) bond motifs is 9. The zero-order chi connectivity index (χ0) is 77.2. The van der Waals surface area contributed by atoms with Gasteiger partial charge in [-0.25, -0.2) is 48.3 Å². The third-order valence-corrected chi connectivity index (χ3v) is 22.5. The number of carbonyl (C=O) groups is 1. The van der Waals surface area contributed by atoms with Crippen LogP contribution in [0.15, 0.2) is 109 Å². The van der Waals surface area contributed by atoms with Gasteiger partial charge in [-0.05, 0) is 247 Å². The van der Waals surface area contributed by atoms with E-state index in [-0.39, 0.29) is 73.2 Å². The van der Waals surface area contributed by atoms with Gasteiger partial charge in [-0.3, -0.25) is 4.79 Å². The Labute approximate surface area is 604 Å². The number of halogens is 11. The van der Waals surface area contributed by atoms with Crippen LogP contribution in [-0.2, 0) is 42.6 Å². The number of hydrogen-bond acceptors (Lipinski definition) is 8. The SMILES string of the molecule is CC1(C)CC2OC2c2ccc(F)cc21.CC1(C)CC=Cc2ccc(F)cc21.CC1(C)CCC(=O)c2cc(F)c(F)cc21.CC1(C)CCC(O)c2cc(F)c(F)cc21.CC1(C)C[C@@H](O)[C@H](N)c2cc(F)c(F)cc21.CC1(C)C[C@@H](O)[C@H](N)c2ccc(F)cc21.C[C@@H]1c2cc(F)c(F)cc2C(C)(C)C[C@H]1O. The quantitative estimate of drug-likeness (QED) is 0.0646. The van der Waals surface area contributed by atoms with Gasteiger partial charge in [0.2, 0.25) is 0 Å². The predicted molar refractivity (Wildman–Crippen MR) is 384 cm³/mol. The van der Waals surface area contributed by atoms with Crippen LogP contribution in [0.5, 0.6) is 0 Å². The number of hydrogen-bond donors (Lipinski definition) is 6. The summed E-state index contributed by atoms with van der Waals surface area (Å²) in [4.78, 5) is 11.5. The summed E-state index contributed by atoms with van der Waals surface area (Å²) in [5.41, 5.74) is 21.7. The molecule has 8 nitrogen and oxygen atoms in total. The van der Waals surface area contributed by atoms with E-state index in [4.69, 9.17) is 16.2 Å². The van der Waals surface area contributed by atoms with Gasteiger partial charge in [-0.2, -0.15) is 0 Å². The maximum atomic E-state index is 13.2. The van der Waals surface area contributed by atoms with E-state index in [1.807, 2.05) is 88.3 Å². The largest absolute Gasteiger partial charge is 0.392 e. The molecule has 0 saturated carbocycles. The summed E-state index contributed by atoms with van der Waals surface area (Å²) in [7, 11) is 0. The van der Waals surface area contributed by atoms with Gasteiger partial charge in [0, 0.05) is 17.9 Å². The molecule has 8 aliphatic rings. The van der Waals surface area contributed by atoms with E-state index in [0.717, 1.165) is 88.0 Å². The fourth-order valence-electron chi connectivity index (χ4n) is 15.9.